The van der Waals surface area contributed by atoms with E-state index in [1.54, 1.807) is 0 Å². The van der Waals surface area contributed by atoms with E-state index in [9.17, 15) is 4.79 Å². The molecule has 3 nitrogen and oxygen atoms in total. The van der Waals surface area contributed by atoms with Gasteiger partial charge in [-0.05, 0) is 36.7 Å². The van der Waals surface area contributed by atoms with Gasteiger partial charge < -0.3 is 10.2 Å². The second-order valence-corrected chi connectivity index (χ2v) is 3.61. The lowest BCUT2D eigenvalue weighted by Crippen LogP contribution is -2.13. The first kappa shape index (κ1) is 7.80. The molecule has 2 unspecified atom stereocenters. The van der Waals surface area contributed by atoms with Crippen molar-refractivity contribution in [1.82, 2.24) is 0 Å². The molecule has 2 aliphatic rings. The molecule has 0 amide bonds. The molecule has 0 aromatic heterocycles. The van der Waals surface area contributed by atoms with E-state index in [1.807, 2.05) is 0 Å². The van der Waals surface area contributed by atoms with Gasteiger partial charge in [0, 0.05) is 5.57 Å². The topological polar surface area (TPSA) is 57.5 Å². The van der Waals surface area contributed by atoms with Crippen molar-refractivity contribution in [2.45, 2.75) is 19.3 Å². The lowest BCUT2D eigenvalue weighted by atomic mass is 9.92. The number of carbonyl (C=O) groups is 1. The largest absolute Gasteiger partial charge is 0.478 e. The summed E-state index contributed by atoms with van der Waals surface area (Å²) in [5.41, 5.74) is 1.30. The zero-order chi connectivity index (χ0) is 8.72. The third kappa shape index (κ3) is 0.894. The average molecular weight is 168 g/mol. The number of hydrogen-bond donors (Lipinski definition) is 2. The SMILES string of the molecule is O=C(O)C1=C(CO)C2CCC1C2. The van der Waals surface area contributed by atoms with Gasteiger partial charge in [0.15, 0.2) is 0 Å². The van der Waals surface area contributed by atoms with Crippen LogP contribution in [0.25, 0.3) is 0 Å². The highest BCUT2D eigenvalue weighted by Crippen LogP contribution is 2.48. The molecule has 0 aromatic carbocycles. The molecule has 3 heteroatoms. The molecule has 1 saturated carbocycles. The van der Waals surface area contributed by atoms with Crippen molar-refractivity contribution in [2.24, 2.45) is 11.8 Å². The van der Waals surface area contributed by atoms with Crippen LogP contribution in [0.5, 0.6) is 0 Å². The van der Waals surface area contributed by atoms with Crippen LogP contribution >= 0.6 is 0 Å². The fourth-order valence-corrected chi connectivity index (χ4v) is 2.57. The van der Waals surface area contributed by atoms with E-state index >= 15 is 0 Å². The molecule has 66 valence electrons. The molecule has 2 atom stereocenters. The maximum Gasteiger partial charge on any atom is 0.331 e. The highest BCUT2D eigenvalue weighted by atomic mass is 16.4. The standard InChI is InChI=1S/C9H12O3/c10-4-7-5-1-2-6(3-5)8(7)9(11)12/h5-6,10H,1-4H2,(H,11,12). The van der Waals surface area contributed by atoms with Crippen LogP contribution in [0.2, 0.25) is 0 Å². The Bertz CT molecular complexity index is 254. The first-order chi connectivity index (χ1) is 5.74. The molecule has 0 saturated heterocycles. The lowest BCUT2D eigenvalue weighted by molar-refractivity contribution is -0.133. The van der Waals surface area contributed by atoms with E-state index in [-0.39, 0.29) is 12.5 Å². The molecular formula is C9H12O3. The second-order valence-electron chi connectivity index (χ2n) is 3.61. The number of aliphatic hydroxyl groups is 1. The highest BCUT2D eigenvalue weighted by molar-refractivity contribution is 5.89. The van der Waals surface area contributed by atoms with Gasteiger partial charge in [-0.1, -0.05) is 0 Å². The highest BCUT2D eigenvalue weighted by Gasteiger charge is 2.41. The quantitative estimate of drug-likeness (QED) is 0.641. The molecule has 0 radical (unpaired) electrons. The summed E-state index contributed by atoms with van der Waals surface area (Å²) in [6.07, 6.45) is 3.02. The summed E-state index contributed by atoms with van der Waals surface area (Å²) >= 11 is 0. The second kappa shape index (κ2) is 2.59. The summed E-state index contributed by atoms with van der Waals surface area (Å²) in [4.78, 5) is 10.8. The van der Waals surface area contributed by atoms with Gasteiger partial charge >= 0.3 is 5.97 Å². The number of fused-ring (bicyclic) bond motifs is 2. The Labute approximate surface area is 70.7 Å². The summed E-state index contributed by atoms with van der Waals surface area (Å²) in [5.74, 6) is -0.230. The number of carboxylic acids is 1. The van der Waals surface area contributed by atoms with Crippen molar-refractivity contribution in [1.29, 1.82) is 0 Å². The number of hydrogen-bond acceptors (Lipinski definition) is 2. The van der Waals surface area contributed by atoms with Crippen LogP contribution in [0.3, 0.4) is 0 Å². The van der Waals surface area contributed by atoms with Crippen molar-refractivity contribution < 1.29 is 15.0 Å². The summed E-state index contributed by atoms with van der Waals surface area (Å²) in [6.45, 7) is -0.0667. The number of rotatable bonds is 2. The number of aliphatic carboxylic acids is 1. The lowest BCUT2D eigenvalue weighted by Gasteiger charge is -2.14. The first-order valence-corrected chi connectivity index (χ1v) is 4.31. The van der Waals surface area contributed by atoms with Gasteiger partial charge in [-0.25, -0.2) is 4.79 Å². The van der Waals surface area contributed by atoms with E-state index in [2.05, 4.69) is 0 Å². The molecule has 0 aromatic rings. The summed E-state index contributed by atoms with van der Waals surface area (Å²) in [6, 6.07) is 0. The Morgan fingerprint density at radius 2 is 2.08 bits per heavy atom. The minimum Gasteiger partial charge on any atom is -0.478 e. The van der Waals surface area contributed by atoms with Crippen molar-refractivity contribution in [3.8, 4) is 0 Å². The molecule has 2 aliphatic carbocycles. The zero-order valence-electron chi connectivity index (χ0n) is 6.79. The molecule has 2 bridgehead atoms. The minimum absolute atomic E-state index is 0.0667. The van der Waals surface area contributed by atoms with Crippen molar-refractivity contribution >= 4 is 5.97 Å². The summed E-state index contributed by atoms with van der Waals surface area (Å²) in [5, 5.41) is 17.9. The molecule has 0 spiro atoms. The number of carboxylic acid groups (broad SMARTS) is 1. The predicted octanol–water partition coefficient (Wildman–Crippen LogP) is 0.790. The fourth-order valence-electron chi connectivity index (χ4n) is 2.57. The maximum atomic E-state index is 10.8. The fraction of sp³-hybridized carbons (Fsp3) is 0.667. The average Bonchev–Trinajstić information content (AvgIpc) is 2.60. The van der Waals surface area contributed by atoms with Crippen LogP contribution in [0.4, 0.5) is 0 Å². The van der Waals surface area contributed by atoms with Crippen molar-refractivity contribution in [3.05, 3.63) is 11.1 Å². The van der Waals surface area contributed by atoms with E-state index in [4.69, 9.17) is 10.2 Å². The van der Waals surface area contributed by atoms with Gasteiger partial charge in [-0.3, -0.25) is 0 Å². The molecule has 1 fully saturated rings. The van der Waals surface area contributed by atoms with Crippen LogP contribution in [-0.4, -0.2) is 22.8 Å². The first-order valence-electron chi connectivity index (χ1n) is 4.31. The summed E-state index contributed by atoms with van der Waals surface area (Å²) in [7, 11) is 0. The predicted molar refractivity (Wildman–Crippen MR) is 42.6 cm³/mol. The molecular weight excluding hydrogens is 156 g/mol. The Hall–Kier alpha value is -0.830. The summed E-state index contributed by atoms with van der Waals surface area (Å²) < 4.78 is 0. The van der Waals surface area contributed by atoms with Crippen LogP contribution in [0.1, 0.15) is 19.3 Å². The van der Waals surface area contributed by atoms with Gasteiger partial charge in [-0.2, -0.15) is 0 Å². The molecule has 2 N–H and O–H groups in total. The van der Waals surface area contributed by atoms with E-state index in [0.717, 1.165) is 24.8 Å². The van der Waals surface area contributed by atoms with Gasteiger partial charge in [0.05, 0.1) is 6.61 Å². The molecule has 0 heterocycles. The van der Waals surface area contributed by atoms with Gasteiger partial charge in [-0.15, -0.1) is 0 Å². The van der Waals surface area contributed by atoms with Crippen molar-refractivity contribution in [2.75, 3.05) is 6.61 Å². The third-order valence-corrected chi connectivity index (χ3v) is 3.08. The smallest absolute Gasteiger partial charge is 0.331 e. The Balaban J connectivity index is 2.37. The molecule has 2 rings (SSSR count). The zero-order valence-corrected chi connectivity index (χ0v) is 6.79. The van der Waals surface area contributed by atoms with E-state index in [0.29, 0.717) is 11.5 Å². The van der Waals surface area contributed by atoms with Crippen LogP contribution in [-0.2, 0) is 4.79 Å². The van der Waals surface area contributed by atoms with Crippen LogP contribution in [0.15, 0.2) is 11.1 Å². The maximum absolute atomic E-state index is 10.8. The van der Waals surface area contributed by atoms with E-state index in [1.165, 1.54) is 0 Å². The monoisotopic (exact) mass is 168 g/mol. The Kier molecular flexibility index (Phi) is 1.68. The van der Waals surface area contributed by atoms with Gasteiger partial charge in [0.1, 0.15) is 0 Å². The van der Waals surface area contributed by atoms with Gasteiger partial charge in [0.2, 0.25) is 0 Å². The van der Waals surface area contributed by atoms with Crippen molar-refractivity contribution in [3.63, 3.8) is 0 Å². The van der Waals surface area contributed by atoms with E-state index < -0.39 is 5.97 Å². The molecule has 12 heavy (non-hydrogen) atoms. The minimum atomic E-state index is -0.828. The van der Waals surface area contributed by atoms with Gasteiger partial charge in [0.25, 0.3) is 0 Å². The Morgan fingerprint density at radius 3 is 2.58 bits per heavy atom. The molecule has 0 aliphatic heterocycles. The Morgan fingerprint density at radius 1 is 1.42 bits per heavy atom. The number of aliphatic hydroxyl groups excluding tert-OH is 1. The van der Waals surface area contributed by atoms with Crippen LogP contribution in [0, 0.1) is 11.8 Å². The normalized spacial score (nSPS) is 33.1. The third-order valence-electron chi connectivity index (χ3n) is 3.08. The van der Waals surface area contributed by atoms with Crippen LogP contribution < -0.4 is 0 Å².